The Morgan fingerprint density at radius 1 is 1.17 bits per heavy atom. The number of piperazine rings is 1. The minimum absolute atomic E-state index is 0.0554. The summed E-state index contributed by atoms with van der Waals surface area (Å²) in [6, 6.07) is 12.1. The van der Waals surface area contributed by atoms with Crippen LogP contribution in [0.5, 0.6) is 0 Å². The molecule has 0 bridgehead atoms. The molecule has 5 nitrogen and oxygen atoms in total. The van der Waals surface area contributed by atoms with Crippen molar-refractivity contribution in [3.8, 4) is 0 Å². The van der Waals surface area contributed by atoms with Crippen LogP contribution in [0.3, 0.4) is 0 Å². The molecule has 0 N–H and O–H groups in total. The van der Waals surface area contributed by atoms with E-state index in [2.05, 4.69) is 55.1 Å². The summed E-state index contributed by atoms with van der Waals surface area (Å²) in [5.41, 5.74) is 3.22. The van der Waals surface area contributed by atoms with Crippen LogP contribution in [0.4, 0.5) is 5.69 Å². The maximum absolute atomic E-state index is 12.9. The molecule has 1 aliphatic heterocycles. The zero-order valence-corrected chi connectivity index (χ0v) is 18.2. The zero-order valence-electron chi connectivity index (χ0n) is 18.2. The molecule has 1 amide bonds. The van der Waals surface area contributed by atoms with E-state index in [-0.39, 0.29) is 11.3 Å². The Kier molecular flexibility index (Phi) is 5.80. The van der Waals surface area contributed by atoms with Gasteiger partial charge in [-0.2, -0.15) is 0 Å². The van der Waals surface area contributed by atoms with E-state index in [1.165, 1.54) is 17.7 Å². The van der Waals surface area contributed by atoms with Gasteiger partial charge in [-0.3, -0.25) is 4.79 Å². The van der Waals surface area contributed by atoms with Crippen molar-refractivity contribution >= 4 is 17.7 Å². The number of nitrogens with zero attached hydrogens (tertiary/aromatic N) is 3. The number of hydrogen-bond donors (Lipinski definition) is 0. The Hall–Kier alpha value is -2.82. The van der Waals surface area contributed by atoms with E-state index in [0.29, 0.717) is 30.5 Å². The molecule has 1 fully saturated rings. The first-order valence-electron chi connectivity index (χ1n) is 10.8. The van der Waals surface area contributed by atoms with Gasteiger partial charge in [0.05, 0.1) is 0 Å². The minimum atomic E-state index is -0.0554. The van der Waals surface area contributed by atoms with Crippen molar-refractivity contribution in [2.75, 3.05) is 31.1 Å². The van der Waals surface area contributed by atoms with Gasteiger partial charge in [0, 0.05) is 43.9 Å². The molecule has 2 aliphatic rings. The first kappa shape index (κ1) is 20.5. The molecule has 1 atom stereocenters. The van der Waals surface area contributed by atoms with Gasteiger partial charge in [0.1, 0.15) is 0 Å². The predicted molar refractivity (Wildman–Crippen MR) is 120 cm³/mol. The standard InChI is InChI=1S/C25H31N3O2/c1-19-8-7-13-25(2,3)22(19)12-11-21-18-23(26-30-21)24(29)28-16-14-27(15-17-28)20-9-5-4-6-10-20/h4-6,8-12,18,22H,7,13-17H2,1-3H3/b12-11+. The molecule has 1 unspecified atom stereocenters. The SMILES string of the molecule is CC1=CCCC(C)(C)C1/C=C/c1cc(C(=O)N2CCN(c3ccccc3)CC2)no1. The summed E-state index contributed by atoms with van der Waals surface area (Å²) in [7, 11) is 0. The molecular formula is C25H31N3O2. The van der Waals surface area contributed by atoms with Crippen LogP contribution < -0.4 is 4.90 Å². The fourth-order valence-electron chi connectivity index (χ4n) is 4.61. The summed E-state index contributed by atoms with van der Waals surface area (Å²) in [4.78, 5) is 17.0. The highest BCUT2D eigenvalue weighted by molar-refractivity contribution is 5.92. The Morgan fingerprint density at radius 3 is 2.60 bits per heavy atom. The van der Waals surface area contributed by atoms with E-state index < -0.39 is 0 Å². The van der Waals surface area contributed by atoms with Gasteiger partial charge in [-0.15, -0.1) is 0 Å². The molecule has 1 aliphatic carbocycles. The lowest BCUT2D eigenvalue weighted by atomic mass is 9.68. The van der Waals surface area contributed by atoms with E-state index in [1.54, 1.807) is 6.07 Å². The van der Waals surface area contributed by atoms with Crippen LogP contribution in [0.1, 0.15) is 49.9 Å². The number of anilines is 1. The number of para-hydroxylation sites is 1. The van der Waals surface area contributed by atoms with Crippen molar-refractivity contribution < 1.29 is 9.32 Å². The molecule has 0 spiro atoms. The van der Waals surface area contributed by atoms with Crippen LogP contribution in [-0.2, 0) is 0 Å². The van der Waals surface area contributed by atoms with Crippen LogP contribution >= 0.6 is 0 Å². The van der Waals surface area contributed by atoms with Crippen LogP contribution in [-0.4, -0.2) is 42.1 Å². The molecule has 4 rings (SSSR count). The van der Waals surface area contributed by atoms with E-state index in [0.717, 1.165) is 19.5 Å². The van der Waals surface area contributed by atoms with Crippen LogP contribution in [0.25, 0.3) is 6.08 Å². The van der Waals surface area contributed by atoms with Crippen molar-refractivity contribution in [3.63, 3.8) is 0 Å². The van der Waals surface area contributed by atoms with Crippen LogP contribution in [0.2, 0.25) is 0 Å². The molecule has 1 aromatic carbocycles. The molecular weight excluding hydrogens is 374 g/mol. The summed E-state index contributed by atoms with van der Waals surface area (Å²) in [6.45, 7) is 9.83. The Balaban J connectivity index is 1.38. The summed E-state index contributed by atoms with van der Waals surface area (Å²) < 4.78 is 5.45. The van der Waals surface area contributed by atoms with Gasteiger partial charge in [0.15, 0.2) is 11.5 Å². The van der Waals surface area contributed by atoms with Crippen molar-refractivity contribution in [2.24, 2.45) is 11.3 Å². The largest absolute Gasteiger partial charge is 0.368 e. The lowest BCUT2D eigenvalue weighted by Crippen LogP contribution is -2.48. The molecule has 5 heteroatoms. The first-order chi connectivity index (χ1) is 14.4. The first-order valence-corrected chi connectivity index (χ1v) is 10.8. The van der Waals surface area contributed by atoms with Crippen molar-refractivity contribution in [2.45, 2.75) is 33.6 Å². The molecule has 30 heavy (non-hydrogen) atoms. The number of carbonyl (C=O) groups is 1. The molecule has 0 radical (unpaired) electrons. The second-order valence-corrected chi connectivity index (χ2v) is 9.04. The predicted octanol–water partition coefficient (Wildman–Crippen LogP) is 5.03. The summed E-state index contributed by atoms with van der Waals surface area (Å²) in [6.07, 6.45) is 8.80. The molecule has 158 valence electrons. The molecule has 1 aromatic heterocycles. The zero-order chi connectivity index (χ0) is 21.1. The topological polar surface area (TPSA) is 49.6 Å². The smallest absolute Gasteiger partial charge is 0.276 e. The van der Waals surface area contributed by atoms with E-state index >= 15 is 0 Å². The number of carbonyl (C=O) groups excluding carboxylic acids is 1. The lowest BCUT2D eigenvalue weighted by molar-refractivity contribution is 0.0736. The highest BCUT2D eigenvalue weighted by atomic mass is 16.5. The van der Waals surface area contributed by atoms with Crippen LogP contribution in [0.15, 0.2) is 58.6 Å². The summed E-state index contributed by atoms with van der Waals surface area (Å²) in [5, 5.41) is 4.04. The minimum Gasteiger partial charge on any atom is -0.368 e. The molecule has 2 heterocycles. The fraction of sp³-hybridized carbons (Fsp3) is 0.440. The molecule has 0 saturated carbocycles. The second kappa shape index (κ2) is 8.50. The van der Waals surface area contributed by atoms with Gasteiger partial charge in [-0.1, -0.05) is 54.9 Å². The average molecular weight is 406 g/mol. The Labute approximate surface area is 179 Å². The van der Waals surface area contributed by atoms with E-state index in [1.807, 2.05) is 29.2 Å². The van der Waals surface area contributed by atoms with Crippen molar-refractivity contribution in [3.05, 3.63) is 65.6 Å². The van der Waals surface area contributed by atoms with E-state index in [9.17, 15) is 4.79 Å². The molecule has 2 aromatic rings. The number of rotatable bonds is 4. The number of allylic oxidation sites excluding steroid dienone is 3. The maximum Gasteiger partial charge on any atom is 0.276 e. The van der Waals surface area contributed by atoms with Crippen LogP contribution in [0, 0.1) is 11.3 Å². The van der Waals surface area contributed by atoms with Crippen molar-refractivity contribution in [1.29, 1.82) is 0 Å². The summed E-state index contributed by atoms with van der Waals surface area (Å²) >= 11 is 0. The fourth-order valence-corrected chi connectivity index (χ4v) is 4.61. The van der Waals surface area contributed by atoms with Gasteiger partial charge in [-0.25, -0.2) is 0 Å². The number of amides is 1. The lowest BCUT2D eigenvalue weighted by Gasteiger charge is -2.36. The van der Waals surface area contributed by atoms with E-state index in [4.69, 9.17) is 4.52 Å². The third kappa shape index (κ3) is 4.35. The summed E-state index contributed by atoms with van der Waals surface area (Å²) in [5.74, 6) is 0.956. The Morgan fingerprint density at radius 2 is 1.90 bits per heavy atom. The van der Waals surface area contributed by atoms with Crippen molar-refractivity contribution in [1.82, 2.24) is 10.1 Å². The third-order valence-corrected chi connectivity index (χ3v) is 6.48. The van der Waals surface area contributed by atoms with Gasteiger partial charge in [0.25, 0.3) is 5.91 Å². The number of aromatic nitrogens is 1. The maximum atomic E-state index is 12.9. The van der Waals surface area contributed by atoms with Gasteiger partial charge in [0.2, 0.25) is 0 Å². The third-order valence-electron chi connectivity index (χ3n) is 6.48. The highest BCUT2D eigenvalue weighted by Gasteiger charge is 2.31. The van der Waals surface area contributed by atoms with Gasteiger partial charge >= 0.3 is 0 Å². The number of hydrogen-bond acceptors (Lipinski definition) is 4. The Bertz CT molecular complexity index is 934. The van der Waals surface area contributed by atoms with Gasteiger partial charge in [-0.05, 0) is 43.4 Å². The normalized spacial score (nSPS) is 21.7. The highest BCUT2D eigenvalue weighted by Crippen LogP contribution is 2.41. The molecule has 1 saturated heterocycles. The monoisotopic (exact) mass is 405 g/mol. The van der Waals surface area contributed by atoms with Gasteiger partial charge < -0.3 is 14.3 Å². The second-order valence-electron chi connectivity index (χ2n) is 9.04. The quantitative estimate of drug-likeness (QED) is 0.669. The number of benzene rings is 1. The average Bonchev–Trinajstić information content (AvgIpc) is 3.22.